The van der Waals surface area contributed by atoms with Crippen molar-refractivity contribution < 1.29 is 0 Å². The minimum atomic E-state index is 0.0497. The van der Waals surface area contributed by atoms with Gasteiger partial charge in [0.2, 0.25) is 0 Å². The highest BCUT2D eigenvalue weighted by atomic mass is 14.3. The Kier molecular flexibility index (Phi) is 4.56. The lowest BCUT2D eigenvalue weighted by Crippen LogP contribution is -2.19. The number of benzene rings is 2. The van der Waals surface area contributed by atoms with Crippen molar-refractivity contribution in [3.63, 3.8) is 0 Å². The van der Waals surface area contributed by atoms with Gasteiger partial charge in [-0.05, 0) is 60.1 Å². The standard InChI is InChI=1S/C21H28/c1-7-17-9-11-19(13-15(17)3)21(5,6)20-12-10-18(8-2)16(4)14-20/h9-14H,7-8H2,1-6H3. The fraction of sp³-hybridized carbons (Fsp3) is 0.429. The summed E-state index contributed by atoms with van der Waals surface area (Å²) in [5, 5.41) is 0. The van der Waals surface area contributed by atoms with Crippen LogP contribution in [0, 0.1) is 13.8 Å². The second-order valence-corrected chi connectivity index (χ2v) is 6.61. The van der Waals surface area contributed by atoms with Crippen LogP contribution in [0.25, 0.3) is 0 Å². The van der Waals surface area contributed by atoms with Crippen molar-refractivity contribution >= 4 is 0 Å². The molecule has 0 fully saturated rings. The van der Waals surface area contributed by atoms with Gasteiger partial charge in [0.05, 0.1) is 0 Å². The molecule has 0 aliphatic heterocycles. The van der Waals surface area contributed by atoms with E-state index < -0.39 is 0 Å². The Hall–Kier alpha value is -1.56. The Morgan fingerprint density at radius 1 is 0.714 bits per heavy atom. The van der Waals surface area contributed by atoms with E-state index in [1.165, 1.54) is 33.4 Å². The minimum Gasteiger partial charge on any atom is -0.0613 e. The van der Waals surface area contributed by atoms with E-state index in [9.17, 15) is 0 Å². The van der Waals surface area contributed by atoms with E-state index in [-0.39, 0.29) is 5.41 Å². The minimum absolute atomic E-state index is 0.0497. The van der Waals surface area contributed by atoms with E-state index >= 15 is 0 Å². The highest BCUT2D eigenvalue weighted by molar-refractivity contribution is 5.44. The molecule has 2 aromatic carbocycles. The van der Waals surface area contributed by atoms with Gasteiger partial charge in [-0.3, -0.25) is 0 Å². The van der Waals surface area contributed by atoms with Gasteiger partial charge in [0.1, 0.15) is 0 Å². The summed E-state index contributed by atoms with van der Waals surface area (Å²) in [4.78, 5) is 0. The third-order valence-electron chi connectivity index (χ3n) is 4.89. The zero-order valence-electron chi connectivity index (χ0n) is 14.4. The van der Waals surface area contributed by atoms with Gasteiger partial charge in [0.15, 0.2) is 0 Å². The van der Waals surface area contributed by atoms with Crippen LogP contribution in [-0.4, -0.2) is 0 Å². The van der Waals surface area contributed by atoms with Crippen LogP contribution >= 0.6 is 0 Å². The molecule has 2 rings (SSSR count). The van der Waals surface area contributed by atoms with Crippen molar-refractivity contribution in [2.75, 3.05) is 0 Å². The summed E-state index contributed by atoms with van der Waals surface area (Å²) in [6.07, 6.45) is 2.22. The Balaban J connectivity index is 2.45. The highest BCUT2D eigenvalue weighted by Gasteiger charge is 2.23. The Morgan fingerprint density at radius 3 is 1.38 bits per heavy atom. The zero-order valence-corrected chi connectivity index (χ0v) is 14.4. The summed E-state index contributed by atoms with van der Waals surface area (Å²) in [5.41, 5.74) is 8.57. The maximum Gasteiger partial charge on any atom is 0.0146 e. The monoisotopic (exact) mass is 280 g/mol. The first-order valence-electron chi connectivity index (χ1n) is 8.10. The summed E-state index contributed by atoms with van der Waals surface area (Å²) in [7, 11) is 0. The van der Waals surface area contributed by atoms with Crippen molar-refractivity contribution in [1.29, 1.82) is 0 Å². The zero-order chi connectivity index (χ0) is 15.6. The first-order chi connectivity index (χ1) is 9.90. The maximum atomic E-state index is 2.36. The van der Waals surface area contributed by atoms with E-state index in [0.29, 0.717) is 0 Å². The fourth-order valence-electron chi connectivity index (χ4n) is 3.13. The lowest BCUT2D eigenvalue weighted by Gasteiger charge is -2.28. The van der Waals surface area contributed by atoms with Gasteiger partial charge in [-0.15, -0.1) is 0 Å². The predicted molar refractivity (Wildman–Crippen MR) is 93.2 cm³/mol. The molecule has 112 valence electrons. The fourth-order valence-corrected chi connectivity index (χ4v) is 3.13. The maximum absolute atomic E-state index is 2.36. The Bertz CT molecular complexity index is 577. The lowest BCUT2D eigenvalue weighted by atomic mass is 9.76. The van der Waals surface area contributed by atoms with Gasteiger partial charge in [0.25, 0.3) is 0 Å². The molecule has 0 heteroatoms. The van der Waals surface area contributed by atoms with E-state index in [4.69, 9.17) is 0 Å². The average Bonchev–Trinajstić information content (AvgIpc) is 2.47. The molecule has 0 saturated heterocycles. The molecular weight excluding hydrogens is 252 g/mol. The summed E-state index contributed by atoms with van der Waals surface area (Å²) in [6.45, 7) is 13.6. The van der Waals surface area contributed by atoms with Crippen LogP contribution in [0.2, 0.25) is 0 Å². The Morgan fingerprint density at radius 2 is 1.10 bits per heavy atom. The molecule has 0 bridgehead atoms. The molecule has 21 heavy (non-hydrogen) atoms. The molecule has 0 aromatic heterocycles. The molecule has 0 unspecified atom stereocenters. The van der Waals surface area contributed by atoms with Gasteiger partial charge in [-0.25, -0.2) is 0 Å². The van der Waals surface area contributed by atoms with E-state index in [1.807, 2.05) is 0 Å². The average molecular weight is 280 g/mol. The molecule has 0 heterocycles. The summed E-state index contributed by atoms with van der Waals surface area (Å²) < 4.78 is 0. The number of hydrogen-bond acceptors (Lipinski definition) is 0. The SMILES string of the molecule is CCc1ccc(C(C)(C)c2ccc(CC)c(C)c2)cc1C. The molecule has 0 amide bonds. The number of rotatable bonds is 4. The largest absolute Gasteiger partial charge is 0.0613 e. The molecular formula is C21H28. The van der Waals surface area contributed by atoms with Crippen LogP contribution in [0.4, 0.5) is 0 Å². The van der Waals surface area contributed by atoms with Gasteiger partial charge in [0, 0.05) is 5.41 Å². The molecule has 0 atom stereocenters. The predicted octanol–water partition coefficient (Wildman–Crippen LogP) is 5.75. The van der Waals surface area contributed by atoms with Crippen molar-refractivity contribution in [3.05, 3.63) is 69.8 Å². The van der Waals surface area contributed by atoms with Gasteiger partial charge in [-0.2, -0.15) is 0 Å². The van der Waals surface area contributed by atoms with Crippen LogP contribution in [0.5, 0.6) is 0 Å². The Labute approximate surface area is 130 Å². The van der Waals surface area contributed by atoms with Gasteiger partial charge >= 0.3 is 0 Å². The van der Waals surface area contributed by atoms with Gasteiger partial charge in [-0.1, -0.05) is 64.1 Å². The summed E-state index contributed by atoms with van der Waals surface area (Å²) >= 11 is 0. The second kappa shape index (κ2) is 6.05. The summed E-state index contributed by atoms with van der Waals surface area (Å²) in [6, 6.07) is 13.9. The van der Waals surface area contributed by atoms with Crippen LogP contribution < -0.4 is 0 Å². The molecule has 0 nitrogen and oxygen atoms in total. The van der Waals surface area contributed by atoms with E-state index in [2.05, 4.69) is 77.9 Å². The lowest BCUT2D eigenvalue weighted by molar-refractivity contribution is 0.638. The first-order valence-corrected chi connectivity index (χ1v) is 8.10. The van der Waals surface area contributed by atoms with Crippen LogP contribution in [-0.2, 0) is 18.3 Å². The van der Waals surface area contributed by atoms with Crippen LogP contribution in [0.3, 0.4) is 0 Å². The van der Waals surface area contributed by atoms with Crippen molar-refractivity contribution in [1.82, 2.24) is 0 Å². The molecule has 0 radical (unpaired) electrons. The molecule has 0 aliphatic rings. The van der Waals surface area contributed by atoms with Crippen molar-refractivity contribution in [2.24, 2.45) is 0 Å². The third kappa shape index (κ3) is 3.05. The first kappa shape index (κ1) is 15.8. The van der Waals surface area contributed by atoms with Crippen LogP contribution in [0.1, 0.15) is 61.1 Å². The van der Waals surface area contributed by atoms with Crippen LogP contribution in [0.15, 0.2) is 36.4 Å². The topological polar surface area (TPSA) is 0 Å². The molecule has 0 saturated carbocycles. The van der Waals surface area contributed by atoms with Crippen molar-refractivity contribution in [3.8, 4) is 0 Å². The quantitative estimate of drug-likeness (QED) is 0.668. The van der Waals surface area contributed by atoms with E-state index in [0.717, 1.165) is 12.8 Å². The molecule has 0 N–H and O–H groups in total. The number of aryl methyl sites for hydroxylation is 4. The van der Waals surface area contributed by atoms with Crippen molar-refractivity contribution in [2.45, 2.75) is 59.8 Å². The normalized spacial score (nSPS) is 11.7. The molecule has 0 aliphatic carbocycles. The highest BCUT2D eigenvalue weighted by Crippen LogP contribution is 2.33. The second-order valence-electron chi connectivity index (χ2n) is 6.61. The smallest absolute Gasteiger partial charge is 0.0146 e. The molecule has 0 spiro atoms. The molecule has 2 aromatic rings. The third-order valence-corrected chi connectivity index (χ3v) is 4.89. The number of hydrogen-bond donors (Lipinski definition) is 0. The van der Waals surface area contributed by atoms with E-state index in [1.54, 1.807) is 0 Å². The van der Waals surface area contributed by atoms with Gasteiger partial charge < -0.3 is 0 Å². The summed E-state index contributed by atoms with van der Waals surface area (Å²) in [5.74, 6) is 0.